The molecule has 1 aromatic heterocycles. The maximum absolute atomic E-state index is 10.3. The average molecular weight is 309 g/mol. The number of aromatic nitrogens is 2. The fourth-order valence-electron chi connectivity index (χ4n) is 2.01. The zero-order valence-electron chi connectivity index (χ0n) is 10.6. The predicted molar refractivity (Wildman–Crippen MR) is 75.4 cm³/mol. The first-order valence-electron chi connectivity index (χ1n) is 5.99. The van der Waals surface area contributed by atoms with Crippen molar-refractivity contribution in [1.82, 2.24) is 9.78 Å². The summed E-state index contributed by atoms with van der Waals surface area (Å²) in [6.07, 6.45) is 2.85. The van der Waals surface area contributed by atoms with Crippen molar-refractivity contribution in [3.63, 3.8) is 0 Å². The Morgan fingerprint density at radius 2 is 2.17 bits per heavy atom. The molecule has 0 amide bonds. The number of aliphatic hydroxyl groups excluding tert-OH is 1. The molecule has 0 bridgehead atoms. The fourth-order valence-corrected chi connectivity index (χ4v) is 2.52. The smallest absolute Gasteiger partial charge is 0.0804 e. The van der Waals surface area contributed by atoms with E-state index in [9.17, 15) is 5.11 Å². The Kier molecular flexibility index (Phi) is 4.19. The lowest BCUT2D eigenvalue weighted by Gasteiger charge is -2.13. The molecule has 0 radical (unpaired) electrons. The lowest BCUT2D eigenvalue weighted by atomic mass is 10.0. The van der Waals surface area contributed by atoms with Crippen molar-refractivity contribution in [2.24, 2.45) is 7.05 Å². The SMILES string of the molecule is Cc1ccc(Br)c(C(O)CCc2ccnn2C)c1. The van der Waals surface area contributed by atoms with Crippen LogP contribution in [-0.4, -0.2) is 14.9 Å². The Balaban J connectivity index is 2.06. The van der Waals surface area contributed by atoms with Crippen molar-refractivity contribution in [3.8, 4) is 0 Å². The first-order valence-corrected chi connectivity index (χ1v) is 6.78. The zero-order chi connectivity index (χ0) is 13.1. The molecule has 96 valence electrons. The van der Waals surface area contributed by atoms with Crippen molar-refractivity contribution in [2.45, 2.75) is 25.9 Å². The van der Waals surface area contributed by atoms with Gasteiger partial charge in [-0.1, -0.05) is 33.6 Å². The molecule has 1 unspecified atom stereocenters. The Hall–Kier alpha value is -1.13. The van der Waals surface area contributed by atoms with Crippen LogP contribution in [0.4, 0.5) is 0 Å². The number of hydrogen-bond acceptors (Lipinski definition) is 2. The van der Waals surface area contributed by atoms with E-state index in [0.717, 1.165) is 27.7 Å². The summed E-state index contributed by atoms with van der Waals surface area (Å²) in [5.41, 5.74) is 3.25. The standard InChI is InChI=1S/C14H17BrN2O/c1-10-3-5-13(15)12(9-10)14(18)6-4-11-7-8-16-17(11)2/h3,5,7-9,14,18H,4,6H2,1-2H3. The van der Waals surface area contributed by atoms with Gasteiger partial charge < -0.3 is 5.11 Å². The second kappa shape index (κ2) is 5.67. The monoisotopic (exact) mass is 308 g/mol. The van der Waals surface area contributed by atoms with Crippen LogP contribution in [0.2, 0.25) is 0 Å². The molecule has 0 aliphatic carbocycles. The molecule has 0 saturated heterocycles. The van der Waals surface area contributed by atoms with Gasteiger partial charge in [0.2, 0.25) is 0 Å². The topological polar surface area (TPSA) is 38.1 Å². The third-order valence-electron chi connectivity index (χ3n) is 3.11. The van der Waals surface area contributed by atoms with Gasteiger partial charge in [0.15, 0.2) is 0 Å². The van der Waals surface area contributed by atoms with Crippen LogP contribution in [0.25, 0.3) is 0 Å². The van der Waals surface area contributed by atoms with Crippen molar-refractivity contribution in [1.29, 1.82) is 0 Å². The lowest BCUT2D eigenvalue weighted by molar-refractivity contribution is 0.166. The Labute approximate surface area is 116 Å². The highest BCUT2D eigenvalue weighted by Gasteiger charge is 2.12. The van der Waals surface area contributed by atoms with Gasteiger partial charge in [-0.25, -0.2) is 0 Å². The molecule has 18 heavy (non-hydrogen) atoms. The van der Waals surface area contributed by atoms with Crippen molar-refractivity contribution in [2.75, 3.05) is 0 Å². The van der Waals surface area contributed by atoms with Gasteiger partial charge in [-0.05, 0) is 37.5 Å². The molecule has 1 N–H and O–H groups in total. The molecule has 1 heterocycles. The summed E-state index contributed by atoms with van der Waals surface area (Å²) >= 11 is 3.49. The van der Waals surface area contributed by atoms with Crippen LogP contribution in [0.15, 0.2) is 34.9 Å². The van der Waals surface area contributed by atoms with Gasteiger partial charge in [0.05, 0.1) is 6.10 Å². The first kappa shape index (κ1) is 13.3. The Bertz CT molecular complexity index is 536. The van der Waals surface area contributed by atoms with Gasteiger partial charge in [0.1, 0.15) is 0 Å². The number of benzene rings is 1. The van der Waals surface area contributed by atoms with Crippen molar-refractivity contribution in [3.05, 3.63) is 51.8 Å². The van der Waals surface area contributed by atoms with Crippen LogP contribution >= 0.6 is 15.9 Å². The number of aryl methyl sites for hydroxylation is 3. The quantitative estimate of drug-likeness (QED) is 0.942. The molecule has 1 atom stereocenters. The van der Waals surface area contributed by atoms with E-state index >= 15 is 0 Å². The number of halogens is 1. The van der Waals surface area contributed by atoms with Gasteiger partial charge in [-0.3, -0.25) is 4.68 Å². The van der Waals surface area contributed by atoms with Crippen molar-refractivity contribution < 1.29 is 5.11 Å². The minimum atomic E-state index is -0.450. The van der Waals surface area contributed by atoms with Gasteiger partial charge >= 0.3 is 0 Å². The van der Waals surface area contributed by atoms with E-state index in [1.54, 1.807) is 6.20 Å². The average Bonchev–Trinajstić information content (AvgIpc) is 2.75. The van der Waals surface area contributed by atoms with E-state index in [4.69, 9.17) is 0 Å². The van der Waals surface area contributed by atoms with E-state index < -0.39 is 6.10 Å². The van der Waals surface area contributed by atoms with Gasteiger partial charge in [0, 0.05) is 23.4 Å². The summed E-state index contributed by atoms with van der Waals surface area (Å²) in [5, 5.41) is 14.4. The number of aliphatic hydroxyl groups is 1. The molecular weight excluding hydrogens is 292 g/mol. The molecule has 0 spiro atoms. The normalized spacial score (nSPS) is 12.7. The van der Waals surface area contributed by atoms with Gasteiger partial charge in [0.25, 0.3) is 0 Å². The molecular formula is C14H17BrN2O. The van der Waals surface area contributed by atoms with Crippen LogP contribution in [0.3, 0.4) is 0 Å². The highest BCUT2D eigenvalue weighted by molar-refractivity contribution is 9.10. The second-order valence-corrected chi connectivity index (χ2v) is 5.38. The lowest BCUT2D eigenvalue weighted by Crippen LogP contribution is -2.04. The van der Waals surface area contributed by atoms with E-state index in [1.807, 2.05) is 42.9 Å². The Morgan fingerprint density at radius 3 is 2.83 bits per heavy atom. The highest BCUT2D eigenvalue weighted by Crippen LogP contribution is 2.27. The third-order valence-corrected chi connectivity index (χ3v) is 3.83. The molecule has 0 aliphatic heterocycles. The minimum Gasteiger partial charge on any atom is -0.388 e. The summed E-state index contributed by atoms with van der Waals surface area (Å²) < 4.78 is 2.81. The van der Waals surface area contributed by atoms with Gasteiger partial charge in [-0.15, -0.1) is 0 Å². The second-order valence-electron chi connectivity index (χ2n) is 4.53. The summed E-state index contributed by atoms with van der Waals surface area (Å²) in [6, 6.07) is 8.02. The highest BCUT2D eigenvalue weighted by atomic mass is 79.9. The largest absolute Gasteiger partial charge is 0.388 e. The fraction of sp³-hybridized carbons (Fsp3) is 0.357. The molecule has 2 aromatic rings. The molecule has 3 nitrogen and oxygen atoms in total. The molecule has 4 heteroatoms. The molecule has 0 aliphatic rings. The maximum Gasteiger partial charge on any atom is 0.0804 e. The van der Waals surface area contributed by atoms with E-state index in [0.29, 0.717) is 6.42 Å². The third kappa shape index (κ3) is 3.00. The maximum atomic E-state index is 10.3. The number of nitrogens with zero attached hydrogens (tertiary/aromatic N) is 2. The van der Waals surface area contributed by atoms with Crippen LogP contribution < -0.4 is 0 Å². The minimum absolute atomic E-state index is 0.450. The van der Waals surface area contributed by atoms with Crippen molar-refractivity contribution >= 4 is 15.9 Å². The molecule has 0 fully saturated rings. The van der Waals surface area contributed by atoms with E-state index in [1.165, 1.54) is 0 Å². The van der Waals surface area contributed by atoms with Crippen LogP contribution in [0.5, 0.6) is 0 Å². The summed E-state index contributed by atoms with van der Waals surface area (Å²) in [7, 11) is 1.92. The number of hydrogen-bond donors (Lipinski definition) is 1. The van der Waals surface area contributed by atoms with Crippen LogP contribution in [0.1, 0.15) is 29.3 Å². The van der Waals surface area contributed by atoms with Crippen LogP contribution in [-0.2, 0) is 13.5 Å². The molecule has 2 rings (SSSR count). The summed E-state index contributed by atoms with van der Waals surface area (Å²) in [4.78, 5) is 0. The first-order chi connectivity index (χ1) is 8.58. The zero-order valence-corrected chi connectivity index (χ0v) is 12.2. The number of rotatable bonds is 4. The summed E-state index contributed by atoms with van der Waals surface area (Å²) in [5.74, 6) is 0. The van der Waals surface area contributed by atoms with E-state index in [-0.39, 0.29) is 0 Å². The predicted octanol–water partition coefficient (Wildman–Crippen LogP) is 3.16. The van der Waals surface area contributed by atoms with E-state index in [2.05, 4.69) is 21.0 Å². The molecule has 1 aromatic carbocycles. The Morgan fingerprint density at radius 1 is 1.39 bits per heavy atom. The molecule has 0 saturated carbocycles. The van der Waals surface area contributed by atoms with Gasteiger partial charge in [-0.2, -0.15) is 5.10 Å². The van der Waals surface area contributed by atoms with Crippen LogP contribution in [0, 0.1) is 6.92 Å². The summed E-state index contributed by atoms with van der Waals surface area (Å²) in [6.45, 7) is 2.03.